The molecule has 1 rings (SSSR count). The van der Waals surface area contributed by atoms with E-state index in [1.165, 1.54) is 18.0 Å². The first-order chi connectivity index (χ1) is 8.24. The van der Waals surface area contributed by atoms with Crippen LogP contribution in [0.5, 0.6) is 0 Å². The third kappa shape index (κ3) is 5.49. The summed E-state index contributed by atoms with van der Waals surface area (Å²) in [5.41, 5.74) is 0.544. The second-order valence-corrected chi connectivity index (χ2v) is 4.44. The molecular formula is C12H16N2O2S. The predicted molar refractivity (Wildman–Crippen MR) is 69.2 cm³/mol. The monoisotopic (exact) mass is 252 g/mol. The summed E-state index contributed by atoms with van der Waals surface area (Å²) in [6.45, 7) is 0.522. The van der Waals surface area contributed by atoms with Crippen molar-refractivity contribution in [3.8, 4) is 0 Å². The number of thioether (sulfide) groups is 1. The third-order valence-electron chi connectivity index (χ3n) is 2.15. The molecule has 92 valence electrons. The van der Waals surface area contributed by atoms with Crippen molar-refractivity contribution in [3.05, 3.63) is 30.1 Å². The lowest BCUT2D eigenvalue weighted by atomic mass is 10.2. The number of Topliss-reactive ketones (excluding diaryl/α,β-unsaturated/α-hetero) is 1. The number of ketones is 1. The number of carbonyl (C=O) groups excluding carboxylic acids is 2. The van der Waals surface area contributed by atoms with Crippen LogP contribution in [0.15, 0.2) is 24.5 Å². The Bertz CT molecular complexity index is 368. The van der Waals surface area contributed by atoms with E-state index in [1.54, 1.807) is 18.3 Å². The molecule has 1 heterocycles. The molecule has 0 saturated carbocycles. The average molecular weight is 252 g/mol. The molecule has 1 aromatic heterocycles. The fraction of sp³-hybridized carbons (Fsp3) is 0.417. The SMILES string of the molecule is CSCC(=O)CCCNC(=O)c1cccnc1. The molecule has 1 amide bonds. The minimum atomic E-state index is -0.143. The standard InChI is InChI=1S/C12H16N2O2S/c1-17-9-11(15)5-3-7-14-12(16)10-4-2-6-13-8-10/h2,4,6,8H,3,5,7,9H2,1H3,(H,14,16). The zero-order chi connectivity index (χ0) is 12.5. The molecule has 0 bridgehead atoms. The Balaban J connectivity index is 2.19. The van der Waals surface area contributed by atoms with Gasteiger partial charge in [0.2, 0.25) is 0 Å². The van der Waals surface area contributed by atoms with Crippen molar-refractivity contribution in [3.63, 3.8) is 0 Å². The van der Waals surface area contributed by atoms with Crippen LogP contribution in [0, 0.1) is 0 Å². The van der Waals surface area contributed by atoms with Crippen LogP contribution >= 0.6 is 11.8 Å². The average Bonchev–Trinajstić information content (AvgIpc) is 2.36. The normalized spacial score (nSPS) is 9.94. The van der Waals surface area contributed by atoms with E-state index in [-0.39, 0.29) is 11.7 Å². The maximum Gasteiger partial charge on any atom is 0.252 e. The van der Waals surface area contributed by atoms with Gasteiger partial charge in [0.1, 0.15) is 5.78 Å². The molecular weight excluding hydrogens is 236 g/mol. The molecule has 0 atom stereocenters. The van der Waals surface area contributed by atoms with Crippen LogP contribution < -0.4 is 5.32 Å². The lowest BCUT2D eigenvalue weighted by molar-refractivity contribution is -0.116. The summed E-state index contributed by atoms with van der Waals surface area (Å²) in [4.78, 5) is 26.7. The Morgan fingerprint density at radius 2 is 2.29 bits per heavy atom. The third-order valence-corrected chi connectivity index (χ3v) is 2.76. The molecule has 5 heteroatoms. The number of amides is 1. The largest absolute Gasteiger partial charge is 0.352 e. The molecule has 0 saturated heterocycles. The van der Waals surface area contributed by atoms with Gasteiger partial charge in [-0.1, -0.05) is 0 Å². The van der Waals surface area contributed by atoms with Crippen molar-refractivity contribution in [2.24, 2.45) is 0 Å². The summed E-state index contributed by atoms with van der Waals surface area (Å²) in [7, 11) is 0. The summed E-state index contributed by atoms with van der Waals surface area (Å²) in [6, 6.07) is 3.43. The van der Waals surface area contributed by atoms with Gasteiger partial charge in [-0.05, 0) is 24.8 Å². The number of nitrogens with one attached hydrogen (secondary N) is 1. The van der Waals surface area contributed by atoms with Gasteiger partial charge in [0.25, 0.3) is 5.91 Å². The number of carbonyl (C=O) groups is 2. The second kappa shape index (κ2) is 7.84. The van der Waals surface area contributed by atoms with Crippen molar-refractivity contribution < 1.29 is 9.59 Å². The molecule has 0 aromatic carbocycles. The van der Waals surface area contributed by atoms with E-state index < -0.39 is 0 Å². The van der Waals surface area contributed by atoms with E-state index in [0.717, 1.165) is 0 Å². The van der Waals surface area contributed by atoms with E-state index in [4.69, 9.17) is 0 Å². The number of aromatic nitrogens is 1. The van der Waals surface area contributed by atoms with Gasteiger partial charge in [-0.25, -0.2) is 0 Å². The van der Waals surface area contributed by atoms with Gasteiger partial charge >= 0.3 is 0 Å². The van der Waals surface area contributed by atoms with Crippen LogP contribution in [0.2, 0.25) is 0 Å². The number of rotatable bonds is 7. The highest BCUT2D eigenvalue weighted by atomic mass is 32.2. The van der Waals surface area contributed by atoms with E-state index in [9.17, 15) is 9.59 Å². The molecule has 1 aromatic rings. The van der Waals surface area contributed by atoms with Crippen LogP contribution in [0.3, 0.4) is 0 Å². The number of hydrogen-bond donors (Lipinski definition) is 1. The molecule has 0 spiro atoms. The lowest BCUT2D eigenvalue weighted by Crippen LogP contribution is -2.25. The van der Waals surface area contributed by atoms with Crippen LogP contribution in [0.25, 0.3) is 0 Å². The Hall–Kier alpha value is -1.36. The van der Waals surface area contributed by atoms with Gasteiger partial charge in [0.05, 0.1) is 11.3 Å². The summed E-state index contributed by atoms with van der Waals surface area (Å²) >= 11 is 1.53. The van der Waals surface area contributed by atoms with Gasteiger partial charge in [0.15, 0.2) is 0 Å². The first kappa shape index (κ1) is 13.7. The summed E-state index contributed by atoms with van der Waals surface area (Å²) in [6.07, 6.45) is 6.26. The zero-order valence-corrected chi connectivity index (χ0v) is 10.6. The van der Waals surface area contributed by atoms with Gasteiger partial charge < -0.3 is 5.32 Å². The van der Waals surface area contributed by atoms with Gasteiger partial charge in [0, 0.05) is 25.4 Å². The number of pyridine rings is 1. The highest BCUT2D eigenvalue weighted by Crippen LogP contribution is 1.99. The minimum absolute atomic E-state index is 0.143. The summed E-state index contributed by atoms with van der Waals surface area (Å²) in [5, 5.41) is 2.76. The molecule has 0 fully saturated rings. The van der Waals surface area contributed by atoms with Crippen LogP contribution in [-0.4, -0.2) is 35.2 Å². The van der Waals surface area contributed by atoms with Crippen molar-refractivity contribution in [2.45, 2.75) is 12.8 Å². The van der Waals surface area contributed by atoms with Crippen molar-refractivity contribution >= 4 is 23.5 Å². The maximum atomic E-state index is 11.6. The molecule has 1 N–H and O–H groups in total. The van der Waals surface area contributed by atoms with E-state index >= 15 is 0 Å². The Kier molecular flexibility index (Phi) is 6.32. The molecule has 0 aliphatic heterocycles. The zero-order valence-electron chi connectivity index (χ0n) is 9.81. The predicted octanol–water partition coefficient (Wildman–Crippen LogP) is 1.52. The van der Waals surface area contributed by atoms with Crippen LogP contribution in [0.4, 0.5) is 0 Å². The Morgan fingerprint density at radius 3 is 2.94 bits per heavy atom. The molecule has 17 heavy (non-hydrogen) atoms. The van der Waals surface area contributed by atoms with Crippen molar-refractivity contribution in [1.82, 2.24) is 10.3 Å². The van der Waals surface area contributed by atoms with Crippen LogP contribution in [0.1, 0.15) is 23.2 Å². The first-order valence-electron chi connectivity index (χ1n) is 5.43. The smallest absolute Gasteiger partial charge is 0.252 e. The summed E-state index contributed by atoms with van der Waals surface area (Å²) in [5.74, 6) is 0.639. The van der Waals surface area contributed by atoms with E-state index in [2.05, 4.69) is 10.3 Å². The van der Waals surface area contributed by atoms with Crippen LogP contribution in [-0.2, 0) is 4.79 Å². The summed E-state index contributed by atoms with van der Waals surface area (Å²) < 4.78 is 0. The molecule has 4 nitrogen and oxygen atoms in total. The van der Waals surface area contributed by atoms with Crippen molar-refractivity contribution in [2.75, 3.05) is 18.6 Å². The quantitative estimate of drug-likeness (QED) is 0.748. The van der Waals surface area contributed by atoms with E-state index in [1.807, 2.05) is 6.26 Å². The molecule has 0 radical (unpaired) electrons. The minimum Gasteiger partial charge on any atom is -0.352 e. The maximum absolute atomic E-state index is 11.6. The molecule has 0 aliphatic carbocycles. The topological polar surface area (TPSA) is 59.1 Å². The highest BCUT2D eigenvalue weighted by molar-refractivity contribution is 7.99. The van der Waals surface area contributed by atoms with Gasteiger partial charge in [-0.15, -0.1) is 0 Å². The number of hydrogen-bond acceptors (Lipinski definition) is 4. The van der Waals surface area contributed by atoms with Gasteiger partial charge in [-0.2, -0.15) is 11.8 Å². The van der Waals surface area contributed by atoms with E-state index in [0.29, 0.717) is 30.7 Å². The number of nitrogens with zero attached hydrogens (tertiary/aromatic N) is 1. The Morgan fingerprint density at radius 1 is 1.47 bits per heavy atom. The molecule has 0 aliphatic rings. The van der Waals surface area contributed by atoms with Gasteiger partial charge in [-0.3, -0.25) is 14.6 Å². The first-order valence-corrected chi connectivity index (χ1v) is 6.82. The second-order valence-electron chi connectivity index (χ2n) is 3.57. The fourth-order valence-electron chi connectivity index (χ4n) is 1.32. The highest BCUT2D eigenvalue weighted by Gasteiger charge is 2.05. The molecule has 0 unspecified atom stereocenters. The van der Waals surface area contributed by atoms with Crippen molar-refractivity contribution in [1.29, 1.82) is 0 Å². The fourth-order valence-corrected chi connectivity index (χ4v) is 1.79. The Labute approximate surface area is 105 Å². The lowest BCUT2D eigenvalue weighted by Gasteiger charge is -2.04.